The number of carbonyl (C=O) groups excluding carboxylic acids is 1. The van der Waals surface area contributed by atoms with E-state index in [2.05, 4.69) is 13.8 Å². The summed E-state index contributed by atoms with van der Waals surface area (Å²) in [6.45, 7) is 6.83. The van der Waals surface area contributed by atoms with E-state index in [0.29, 0.717) is 25.3 Å². The summed E-state index contributed by atoms with van der Waals surface area (Å²) >= 11 is 0. The predicted octanol–water partition coefficient (Wildman–Crippen LogP) is 3.43. The Morgan fingerprint density at radius 1 is 1.32 bits per heavy atom. The Labute approximate surface area is 168 Å². The van der Waals surface area contributed by atoms with Crippen molar-refractivity contribution in [2.24, 2.45) is 11.8 Å². The maximum absolute atomic E-state index is 13.3. The average Bonchev–Trinajstić information content (AvgIpc) is 2.99. The summed E-state index contributed by atoms with van der Waals surface area (Å²) < 4.78 is 5.24. The molecule has 0 bridgehead atoms. The first-order valence-corrected chi connectivity index (χ1v) is 10.0. The van der Waals surface area contributed by atoms with Gasteiger partial charge in [0.05, 0.1) is 13.0 Å². The molecule has 6 heteroatoms. The molecule has 2 rings (SSSR count). The van der Waals surface area contributed by atoms with Crippen LogP contribution in [0, 0.1) is 11.8 Å². The molecule has 0 spiro atoms. The number of carboxylic acids is 1. The second kappa shape index (κ2) is 8.95. The fourth-order valence-electron chi connectivity index (χ4n) is 4.26. The number of aliphatic carboxylic acids is 1. The van der Waals surface area contributed by atoms with Crippen molar-refractivity contribution in [2.75, 3.05) is 27.7 Å². The highest BCUT2D eigenvalue weighted by molar-refractivity contribution is 5.85. The quantitative estimate of drug-likeness (QED) is 0.736. The minimum atomic E-state index is -1.04. The van der Waals surface area contributed by atoms with E-state index in [-0.39, 0.29) is 11.9 Å². The van der Waals surface area contributed by atoms with Crippen LogP contribution in [0.2, 0.25) is 0 Å². The first-order chi connectivity index (χ1) is 13.2. The second-order valence-corrected chi connectivity index (χ2v) is 8.27. The van der Waals surface area contributed by atoms with Gasteiger partial charge >= 0.3 is 5.97 Å². The lowest BCUT2D eigenvalue weighted by atomic mass is 9.86. The van der Waals surface area contributed by atoms with E-state index in [0.717, 1.165) is 17.7 Å². The normalized spacial score (nSPS) is 25.1. The van der Waals surface area contributed by atoms with Gasteiger partial charge in [-0.25, -0.2) is 0 Å². The third kappa shape index (κ3) is 4.17. The highest BCUT2D eigenvalue weighted by atomic mass is 16.5. The van der Waals surface area contributed by atoms with Gasteiger partial charge in [-0.15, -0.1) is 0 Å². The molecule has 1 saturated heterocycles. The van der Waals surface area contributed by atoms with Crippen LogP contribution in [0.3, 0.4) is 0 Å². The van der Waals surface area contributed by atoms with Crippen LogP contribution in [0.15, 0.2) is 24.3 Å². The number of likely N-dealkylation sites (N-methyl/N-ethyl adjacent to an activating group) is 1. The van der Waals surface area contributed by atoms with Crippen LogP contribution in [-0.2, 0) is 9.59 Å². The first-order valence-electron chi connectivity index (χ1n) is 10.0. The van der Waals surface area contributed by atoms with Crippen molar-refractivity contribution in [3.8, 4) is 5.75 Å². The number of nitrogens with zero attached hydrogens (tertiary/aromatic N) is 2. The summed E-state index contributed by atoms with van der Waals surface area (Å²) in [5, 5.41) is 10.0. The lowest BCUT2D eigenvalue weighted by Gasteiger charge is -2.34. The Bertz CT molecular complexity index is 688. The molecule has 0 radical (unpaired) electrons. The molecule has 1 aliphatic heterocycles. The lowest BCUT2D eigenvalue weighted by molar-refractivity contribution is -0.150. The lowest BCUT2D eigenvalue weighted by Crippen LogP contribution is -2.48. The van der Waals surface area contributed by atoms with Gasteiger partial charge in [-0.2, -0.15) is 0 Å². The van der Waals surface area contributed by atoms with Crippen molar-refractivity contribution in [1.29, 1.82) is 0 Å². The molecule has 1 aliphatic rings. The van der Waals surface area contributed by atoms with Crippen LogP contribution in [0.25, 0.3) is 0 Å². The number of carboxylic acid groups (broad SMARTS) is 1. The zero-order valence-electron chi connectivity index (χ0n) is 17.9. The molecule has 156 valence electrons. The van der Waals surface area contributed by atoms with Gasteiger partial charge in [-0.3, -0.25) is 14.5 Å². The molecular weight excluding hydrogens is 356 g/mol. The Kier molecular flexibility index (Phi) is 7.10. The summed E-state index contributed by atoms with van der Waals surface area (Å²) in [6.07, 6.45) is 1.69. The van der Waals surface area contributed by atoms with E-state index in [1.54, 1.807) is 12.0 Å². The summed E-state index contributed by atoms with van der Waals surface area (Å²) in [7, 11) is 5.26. The minimum absolute atomic E-state index is 0.0184. The van der Waals surface area contributed by atoms with Gasteiger partial charge in [-0.1, -0.05) is 32.9 Å². The van der Waals surface area contributed by atoms with E-state index in [1.165, 1.54) is 0 Å². The number of ether oxygens (including phenoxy) is 1. The summed E-state index contributed by atoms with van der Waals surface area (Å²) in [5.41, 5.74) is -0.0976. The molecule has 3 atom stereocenters. The largest absolute Gasteiger partial charge is 0.497 e. The maximum atomic E-state index is 13.3. The Balaban J connectivity index is 2.40. The van der Waals surface area contributed by atoms with Crippen LogP contribution < -0.4 is 4.74 Å². The molecule has 0 saturated carbocycles. The van der Waals surface area contributed by atoms with Crippen LogP contribution >= 0.6 is 0 Å². The standard InChI is InChI=1S/C22H34N2O4/c1-7-22(21(26)27)14-18(20(25)23(4)13-12-15(2)3)19(24(22)5)16-8-10-17(28-6)11-9-16/h8-11,15,18-19H,7,12-14H2,1-6H3,(H,26,27)/t18-,19-,22-/m0/s1. The van der Waals surface area contributed by atoms with Gasteiger partial charge in [0.25, 0.3) is 0 Å². The number of hydrogen-bond donors (Lipinski definition) is 1. The molecule has 0 unspecified atom stereocenters. The third-order valence-electron chi connectivity index (χ3n) is 6.21. The number of amides is 1. The SMILES string of the molecule is CC[C@@]1(C(=O)O)C[C@H](C(=O)N(C)CCC(C)C)[C@H](c2ccc(OC)cc2)N1C. The molecule has 6 nitrogen and oxygen atoms in total. The van der Waals surface area contributed by atoms with Gasteiger partial charge in [0.15, 0.2) is 0 Å². The number of rotatable bonds is 8. The molecule has 1 aromatic rings. The molecule has 1 fully saturated rings. The Hall–Kier alpha value is -2.08. The molecular formula is C22H34N2O4. The van der Waals surface area contributed by atoms with Gasteiger partial charge in [-0.05, 0) is 49.9 Å². The molecule has 1 amide bonds. The predicted molar refractivity (Wildman–Crippen MR) is 109 cm³/mol. The van der Waals surface area contributed by atoms with Gasteiger partial charge in [0.1, 0.15) is 11.3 Å². The topological polar surface area (TPSA) is 70.1 Å². The van der Waals surface area contributed by atoms with Gasteiger partial charge in [0, 0.05) is 19.6 Å². The fourth-order valence-corrected chi connectivity index (χ4v) is 4.26. The zero-order valence-corrected chi connectivity index (χ0v) is 17.9. The average molecular weight is 391 g/mol. The number of benzene rings is 1. The van der Waals surface area contributed by atoms with E-state index in [9.17, 15) is 14.7 Å². The van der Waals surface area contributed by atoms with Crippen molar-refractivity contribution in [3.63, 3.8) is 0 Å². The van der Waals surface area contributed by atoms with Crippen LogP contribution in [-0.4, -0.2) is 60.1 Å². The molecule has 1 N–H and O–H groups in total. The van der Waals surface area contributed by atoms with Crippen molar-refractivity contribution in [2.45, 2.75) is 51.6 Å². The van der Waals surface area contributed by atoms with Crippen molar-refractivity contribution < 1.29 is 19.4 Å². The van der Waals surface area contributed by atoms with Crippen LogP contribution in [0.1, 0.15) is 51.6 Å². The molecule has 1 heterocycles. The Morgan fingerprint density at radius 2 is 1.93 bits per heavy atom. The molecule has 28 heavy (non-hydrogen) atoms. The Morgan fingerprint density at radius 3 is 2.39 bits per heavy atom. The van der Waals surface area contributed by atoms with E-state index >= 15 is 0 Å². The highest BCUT2D eigenvalue weighted by Gasteiger charge is 2.56. The first kappa shape index (κ1) is 22.2. The number of hydrogen-bond acceptors (Lipinski definition) is 4. The van der Waals surface area contributed by atoms with Gasteiger partial charge in [0.2, 0.25) is 5.91 Å². The maximum Gasteiger partial charge on any atom is 0.324 e. The number of methoxy groups -OCH3 is 1. The second-order valence-electron chi connectivity index (χ2n) is 8.27. The van der Waals surface area contributed by atoms with Gasteiger partial charge < -0.3 is 14.7 Å². The highest BCUT2D eigenvalue weighted by Crippen LogP contribution is 2.48. The minimum Gasteiger partial charge on any atom is -0.497 e. The van der Waals surface area contributed by atoms with Crippen molar-refractivity contribution in [1.82, 2.24) is 9.80 Å². The van der Waals surface area contributed by atoms with Crippen LogP contribution in [0.4, 0.5) is 0 Å². The van der Waals surface area contributed by atoms with E-state index < -0.39 is 17.4 Å². The third-order valence-corrected chi connectivity index (χ3v) is 6.21. The molecule has 1 aromatic carbocycles. The van der Waals surface area contributed by atoms with Crippen molar-refractivity contribution >= 4 is 11.9 Å². The summed E-state index contributed by atoms with van der Waals surface area (Å²) in [4.78, 5) is 29.2. The smallest absolute Gasteiger partial charge is 0.324 e. The molecule has 0 aromatic heterocycles. The summed E-state index contributed by atoms with van der Waals surface area (Å²) in [5.74, 6) is 0.00148. The zero-order chi connectivity index (χ0) is 21.1. The van der Waals surface area contributed by atoms with Crippen LogP contribution in [0.5, 0.6) is 5.75 Å². The van der Waals surface area contributed by atoms with E-state index in [1.807, 2.05) is 50.2 Å². The van der Waals surface area contributed by atoms with Crippen molar-refractivity contribution in [3.05, 3.63) is 29.8 Å². The molecule has 0 aliphatic carbocycles. The monoisotopic (exact) mass is 390 g/mol. The fraction of sp³-hybridized carbons (Fsp3) is 0.636. The summed E-state index contributed by atoms with van der Waals surface area (Å²) in [6, 6.07) is 7.31. The number of likely N-dealkylation sites (tertiary alicyclic amines) is 1. The number of carbonyl (C=O) groups is 2. The van der Waals surface area contributed by atoms with E-state index in [4.69, 9.17) is 4.74 Å².